The van der Waals surface area contributed by atoms with Crippen LogP contribution in [0.2, 0.25) is 0 Å². The summed E-state index contributed by atoms with van der Waals surface area (Å²) in [5.41, 5.74) is 2.34. The maximum Gasteiger partial charge on any atom is 0.326 e. The second-order valence-corrected chi connectivity index (χ2v) is 8.48. The van der Waals surface area contributed by atoms with Gasteiger partial charge in [0.15, 0.2) is 6.61 Å². The van der Waals surface area contributed by atoms with Gasteiger partial charge in [-0.3, -0.25) is 14.5 Å². The van der Waals surface area contributed by atoms with Crippen molar-refractivity contribution < 1.29 is 24.2 Å². The fraction of sp³-hybridized carbons (Fsp3) is 0.182. The zero-order valence-corrected chi connectivity index (χ0v) is 18.5. The summed E-state index contributed by atoms with van der Waals surface area (Å²) in [7, 11) is 0. The molecule has 160 valence electrons. The molecule has 1 heterocycles. The van der Waals surface area contributed by atoms with Gasteiger partial charge in [0.05, 0.1) is 4.91 Å². The summed E-state index contributed by atoms with van der Waals surface area (Å²) in [5.74, 6) is -1.52. The maximum atomic E-state index is 12.7. The van der Waals surface area contributed by atoms with E-state index in [1.54, 1.807) is 42.5 Å². The largest absolute Gasteiger partial charge is 0.483 e. The van der Waals surface area contributed by atoms with Crippen LogP contribution in [0.15, 0.2) is 53.4 Å². The number of ether oxygens (including phenoxy) is 1. The molecular weight excluding hydrogens is 436 g/mol. The zero-order valence-electron chi connectivity index (χ0n) is 16.8. The Bertz CT molecular complexity index is 1070. The number of carbonyl (C=O) groups excluding carboxylic acids is 2. The molecule has 1 saturated heterocycles. The molecule has 1 fully saturated rings. The van der Waals surface area contributed by atoms with E-state index in [4.69, 9.17) is 17.0 Å². The van der Waals surface area contributed by atoms with Crippen LogP contribution in [0.25, 0.3) is 6.08 Å². The molecule has 2 aromatic carbocycles. The normalized spacial score (nSPS) is 15.8. The van der Waals surface area contributed by atoms with Crippen molar-refractivity contribution in [1.82, 2.24) is 4.90 Å². The molecule has 0 saturated carbocycles. The Labute approximate surface area is 189 Å². The SMILES string of the molecule is Cc1ccc(NC(=O)COc2ccccc2/C=C2\SC(=S)N(C(C)C(=O)O)C2=O)cc1. The molecule has 2 N–H and O–H groups in total. The van der Waals surface area contributed by atoms with Gasteiger partial charge in [0, 0.05) is 11.3 Å². The molecule has 7 nitrogen and oxygen atoms in total. The summed E-state index contributed by atoms with van der Waals surface area (Å²) >= 11 is 6.20. The number of para-hydroxylation sites is 1. The predicted octanol–water partition coefficient (Wildman–Crippen LogP) is 3.69. The van der Waals surface area contributed by atoms with E-state index >= 15 is 0 Å². The molecule has 2 aromatic rings. The molecule has 0 radical (unpaired) electrons. The third-order valence-electron chi connectivity index (χ3n) is 4.47. The fourth-order valence-corrected chi connectivity index (χ4v) is 4.18. The first kappa shape index (κ1) is 22.5. The summed E-state index contributed by atoms with van der Waals surface area (Å²) in [6.07, 6.45) is 1.58. The number of carboxylic acid groups (broad SMARTS) is 1. The number of thioether (sulfide) groups is 1. The lowest BCUT2D eigenvalue weighted by Crippen LogP contribution is -2.41. The number of benzene rings is 2. The van der Waals surface area contributed by atoms with Gasteiger partial charge in [-0.15, -0.1) is 0 Å². The topological polar surface area (TPSA) is 95.9 Å². The molecule has 3 rings (SSSR count). The van der Waals surface area contributed by atoms with E-state index in [9.17, 15) is 19.5 Å². The van der Waals surface area contributed by atoms with E-state index in [0.29, 0.717) is 21.9 Å². The minimum Gasteiger partial charge on any atom is -0.483 e. The van der Waals surface area contributed by atoms with Crippen molar-refractivity contribution in [3.8, 4) is 5.75 Å². The standard InChI is InChI=1S/C22H20N2O5S2/c1-13-7-9-16(10-8-13)23-19(25)12-29-17-6-4-3-5-15(17)11-18-20(26)24(22(30)31-18)14(2)21(27)28/h3-11,14H,12H2,1-2H3,(H,23,25)(H,27,28)/b18-11-. The van der Waals surface area contributed by atoms with Gasteiger partial charge >= 0.3 is 5.97 Å². The van der Waals surface area contributed by atoms with Crippen molar-refractivity contribution in [2.75, 3.05) is 11.9 Å². The first-order chi connectivity index (χ1) is 14.8. The average Bonchev–Trinajstić information content (AvgIpc) is 3.01. The van der Waals surface area contributed by atoms with Gasteiger partial charge in [-0.1, -0.05) is 59.9 Å². The van der Waals surface area contributed by atoms with E-state index in [0.717, 1.165) is 22.2 Å². The lowest BCUT2D eigenvalue weighted by Gasteiger charge is -2.18. The van der Waals surface area contributed by atoms with Crippen molar-refractivity contribution in [2.45, 2.75) is 19.9 Å². The minimum atomic E-state index is -1.14. The number of anilines is 1. The molecule has 1 aliphatic heterocycles. The van der Waals surface area contributed by atoms with E-state index in [1.165, 1.54) is 6.92 Å². The van der Waals surface area contributed by atoms with Crippen LogP contribution in [0.3, 0.4) is 0 Å². The number of nitrogens with one attached hydrogen (secondary N) is 1. The summed E-state index contributed by atoms with van der Waals surface area (Å²) in [6.45, 7) is 3.15. The molecule has 1 unspecified atom stereocenters. The highest BCUT2D eigenvalue weighted by molar-refractivity contribution is 8.26. The average molecular weight is 457 g/mol. The zero-order chi connectivity index (χ0) is 22.5. The van der Waals surface area contributed by atoms with E-state index in [2.05, 4.69) is 5.32 Å². The second kappa shape index (κ2) is 9.76. The highest BCUT2D eigenvalue weighted by Gasteiger charge is 2.38. The molecule has 31 heavy (non-hydrogen) atoms. The molecule has 2 amide bonds. The van der Waals surface area contributed by atoms with Crippen LogP contribution >= 0.6 is 24.0 Å². The van der Waals surface area contributed by atoms with Crippen LogP contribution in [0.4, 0.5) is 5.69 Å². The van der Waals surface area contributed by atoms with Crippen molar-refractivity contribution in [3.05, 3.63) is 64.6 Å². The van der Waals surface area contributed by atoms with Gasteiger partial charge in [-0.25, -0.2) is 4.79 Å². The minimum absolute atomic E-state index is 0.182. The smallest absolute Gasteiger partial charge is 0.326 e. The number of amides is 2. The number of rotatable bonds is 7. The Kier molecular flexibility index (Phi) is 7.09. The second-order valence-electron chi connectivity index (χ2n) is 6.81. The number of carbonyl (C=O) groups is 3. The highest BCUT2D eigenvalue weighted by Crippen LogP contribution is 2.35. The first-order valence-corrected chi connectivity index (χ1v) is 10.6. The van der Waals surface area contributed by atoms with Gasteiger partial charge < -0.3 is 15.2 Å². The van der Waals surface area contributed by atoms with Crippen LogP contribution in [0.1, 0.15) is 18.1 Å². The summed E-state index contributed by atoms with van der Waals surface area (Å²) in [5, 5.41) is 12.0. The highest BCUT2D eigenvalue weighted by atomic mass is 32.2. The van der Waals surface area contributed by atoms with Gasteiger partial charge in [0.2, 0.25) is 0 Å². The first-order valence-electron chi connectivity index (χ1n) is 9.34. The van der Waals surface area contributed by atoms with Crippen molar-refractivity contribution in [3.63, 3.8) is 0 Å². The third kappa shape index (κ3) is 5.50. The summed E-state index contributed by atoms with van der Waals surface area (Å²) in [4.78, 5) is 37.5. The molecule has 0 bridgehead atoms. The monoisotopic (exact) mass is 456 g/mol. The molecular formula is C22H20N2O5S2. The van der Waals surface area contributed by atoms with E-state index in [-0.39, 0.29) is 16.8 Å². The fourth-order valence-electron chi connectivity index (χ4n) is 2.77. The van der Waals surface area contributed by atoms with Crippen molar-refractivity contribution in [2.24, 2.45) is 0 Å². The van der Waals surface area contributed by atoms with E-state index < -0.39 is 17.9 Å². The Morgan fingerprint density at radius 2 is 1.90 bits per heavy atom. The Hall–Kier alpha value is -3.17. The number of nitrogens with zero attached hydrogens (tertiary/aromatic N) is 1. The lowest BCUT2D eigenvalue weighted by molar-refractivity contribution is -0.144. The molecule has 9 heteroatoms. The van der Waals surface area contributed by atoms with Crippen LogP contribution in [-0.4, -0.2) is 44.8 Å². The van der Waals surface area contributed by atoms with Gasteiger partial charge in [0.25, 0.3) is 11.8 Å². The van der Waals surface area contributed by atoms with Crippen molar-refractivity contribution >= 4 is 57.8 Å². The lowest BCUT2D eigenvalue weighted by atomic mass is 10.1. The van der Waals surface area contributed by atoms with E-state index in [1.807, 2.05) is 19.1 Å². The maximum absolute atomic E-state index is 12.7. The van der Waals surface area contributed by atoms with Gasteiger partial charge in [-0.2, -0.15) is 0 Å². The number of aryl methyl sites for hydroxylation is 1. The summed E-state index contributed by atoms with van der Waals surface area (Å²) < 4.78 is 5.84. The quantitative estimate of drug-likeness (QED) is 0.485. The molecule has 1 aliphatic rings. The molecule has 0 aliphatic carbocycles. The van der Waals surface area contributed by atoms with Crippen molar-refractivity contribution in [1.29, 1.82) is 0 Å². The van der Waals surface area contributed by atoms with Crippen LogP contribution in [-0.2, 0) is 14.4 Å². The molecule has 0 aromatic heterocycles. The number of hydrogen-bond donors (Lipinski definition) is 2. The van der Waals surface area contributed by atoms with Crippen LogP contribution in [0.5, 0.6) is 5.75 Å². The number of hydrogen-bond acceptors (Lipinski definition) is 6. The number of aliphatic carboxylic acids is 1. The number of thiocarbonyl (C=S) groups is 1. The predicted molar refractivity (Wildman–Crippen MR) is 124 cm³/mol. The van der Waals surface area contributed by atoms with Crippen LogP contribution < -0.4 is 10.1 Å². The molecule has 0 spiro atoms. The molecule has 1 atom stereocenters. The number of carboxylic acids is 1. The van der Waals surface area contributed by atoms with Gasteiger partial charge in [-0.05, 0) is 38.1 Å². The van der Waals surface area contributed by atoms with Gasteiger partial charge in [0.1, 0.15) is 16.1 Å². The Morgan fingerprint density at radius 1 is 1.23 bits per heavy atom. The Morgan fingerprint density at radius 3 is 2.58 bits per heavy atom. The Balaban J connectivity index is 1.71. The third-order valence-corrected chi connectivity index (χ3v) is 5.80. The summed E-state index contributed by atoms with van der Waals surface area (Å²) in [6, 6.07) is 13.3. The van der Waals surface area contributed by atoms with Crippen LogP contribution in [0, 0.1) is 6.92 Å².